The van der Waals surface area contributed by atoms with Crippen molar-refractivity contribution < 1.29 is 4.39 Å². The van der Waals surface area contributed by atoms with Crippen molar-refractivity contribution in [1.29, 1.82) is 0 Å². The summed E-state index contributed by atoms with van der Waals surface area (Å²) in [5, 5.41) is 3.02. The number of hydrogen-bond donors (Lipinski definition) is 3. The van der Waals surface area contributed by atoms with Gasteiger partial charge in [-0.05, 0) is 35.0 Å². The molecule has 0 spiro atoms. The Labute approximate surface area is 112 Å². The topological polar surface area (TPSA) is 75.9 Å². The van der Waals surface area contributed by atoms with Gasteiger partial charge in [0, 0.05) is 11.3 Å². The molecular formula is C11H11BrFN5. The van der Waals surface area contributed by atoms with Crippen molar-refractivity contribution in [2.45, 2.75) is 6.92 Å². The summed E-state index contributed by atoms with van der Waals surface area (Å²) in [6.07, 6.45) is 1.36. The summed E-state index contributed by atoms with van der Waals surface area (Å²) in [6.45, 7) is 1.69. The molecule has 0 bridgehead atoms. The first-order chi connectivity index (χ1) is 8.63. The molecule has 0 aliphatic carbocycles. The van der Waals surface area contributed by atoms with Crippen molar-refractivity contribution >= 4 is 33.3 Å². The zero-order chi connectivity index (χ0) is 13.1. The molecule has 4 N–H and O–H groups in total. The van der Waals surface area contributed by atoms with Gasteiger partial charge in [-0.3, -0.25) is 0 Å². The number of benzene rings is 1. The normalized spacial score (nSPS) is 10.2. The fourth-order valence-electron chi connectivity index (χ4n) is 1.43. The maximum Gasteiger partial charge on any atom is 0.159 e. The third-order valence-corrected chi connectivity index (χ3v) is 3.20. The number of nitrogen functional groups attached to an aromatic ring is 1. The van der Waals surface area contributed by atoms with Gasteiger partial charge in [0.1, 0.15) is 22.4 Å². The van der Waals surface area contributed by atoms with Crippen LogP contribution in [0.15, 0.2) is 29.0 Å². The van der Waals surface area contributed by atoms with E-state index >= 15 is 0 Å². The van der Waals surface area contributed by atoms with Crippen LogP contribution in [0.1, 0.15) is 5.56 Å². The van der Waals surface area contributed by atoms with Gasteiger partial charge in [-0.25, -0.2) is 20.2 Å². The van der Waals surface area contributed by atoms with E-state index in [-0.39, 0.29) is 5.82 Å². The van der Waals surface area contributed by atoms with Crippen molar-refractivity contribution in [3.8, 4) is 0 Å². The van der Waals surface area contributed by atoms with E-state index in [1.54, 1.807) is 19.1 Å². The fraction of sp³-hybridized carbons (Fsp3) is 0.0909. The standard InChI is InChI=1S/C11H11BrFN5/c1-6-7(13)3-2-4-8(6)17-10-9(12)11(18-14)16-5-15-10/h2-5H,14H2,1H3,(H2,15,16,17,18). The average Bonchev–Trinajstić information content (AvgIpc) is 2.37. The molecule has 0 saturated carbocycles. The molecule has 0 aliphatic heterocycles. The van der Waals surface area contributed by atoms with Crippen molar-refractivity contribution in [3.05, 3.63) is 40.4 Å². The molecule has 7 heteroatoms. The summed E-state index contributed by atoms with van der Waals surface area (Å²) >= 11 is 3.32. The van der Waals surface area contributed by atoms with Crippen LogP contribution in [0.25, 0.3) is 0 Å². The van der Waals surface area contributed by atoms with E-state index in [0.29, 0.717) is 27.4 Å². The highest BCUT2D eigenvalue weighted by molar-refractivity contribution is 9.10. The molecule has 0 aliphatic rings. The van der Waals surface area contributed by atoms with Gasteiger partial charge in [0.25, 0.3) is 0 Å². The third-order valence-electron chi connectivity index (χ3n) is 2.45. The maximum atomic E-state index is 13.4. The highest BCUT2D eigenvalue weighted by atomic mass is 79.9. The van der Waals surface area contributed by atoms with Crippen LogP contribution in [0, 0.1) is 12.7 Å². The quantitative estimate of drug-likeness (QED) is 0.600. The molecule has 0 unspecified atom stereocenters. The van der Waals surface area contributed by atoms with E-state index in [1.165, 1.54) is 12.4 Å². The number of nitrogens with two attached hydrogens (primary N) is 1. The Hall–Kier alpha value is -1.73. The predicted octanol–water partition coefficient (Wildman–Crippen LogP) is 2.72. The van der Waals surface area contributed by atoms with E-state index < -0.39 is 0 Å². The number of rotatable bonds is 3. The Morgan fingerprint density at radius 2 is 2.00 bits per heavy atom. The minimum absolute atomic E-state index is 0.276. The highest BCUT2D eigenvalue weighted by Gasteiger charge is 2.10. The van der Waals surface area contributed by atoms with Crippen LogP contribution in [0.5, 0.6) is 0 Å². The highest BCUT2D eigenvalue weighted by Crippen LogP contribution is 2.29. The zero-order valence-corrected chi connectivity index (χ0v) is 11.1. The molecule has 0 atom stereocenters. The molecule has 1 heterocycles. The summed E-state index contributed by atoms with van der Waals surface area (Å²) in [5.41, 5.74) is 3.59. The minimum Gasteiger partial charge on any atom is -0.339 e. The van der Waals surface area contributed by atoms with Crippen molar-refractivity contribution in [2.24, 2.45) is 5.84 Å². The van der Waals surface area contributed by atoms with Crippen molar-refractivity contribution in [2.75, 3.05) is 10.7 Å². The Morgan fingerprint density at radius 1 is 1.28 bits per heavy atom. The largest absolute Gasteiger partial charge is 0.339 e. The Kier molecular flexibility index (Phi) is 3.73. The molecule has 0 fully saturated rings. The van der Waals surface area contributed by atoms with Gasteiger partial charge in [-0.1, -0.05) is 6.07 Å². The average molecular weight is 312 g/mol. The van der Waals surface area contributed by atoms with Gasteiger partial charge in [-0.2, -0.15) is 0 Å². The lowest BCUT2D eigenvalue weighted by Gasteiger charge is -2.12. The second-order valence-electron chi connectivity index (χ2n) is 3.57. The van der Waals surface area contributed by atoms with Crippen LogP contribution in [0.4, 0.5) is 21.7 Å². The first-order valence-electron chi connectivity index (χ1n) is 5.12. The van der Waals surface area contributed by atoms with E-state index in [0.717, 1.165) is 0 Å². The SMILES string of the molecule is Cc1c(F)cccc1Nc1ncnc(NN)c1Br. The minimum atomic E-state index is -0.276. The second kappa shape index (κ2) is 5.28. The van der Waals surface area contributed by atoms with Gasteiger partial charge >= 0.3 is 0 Å². The van der Waals surface area contributed by atoms with E-state index in [2.05, 4.69) is 36.6 Å². The van der Waals surface area contributed by atoms with Gasteiger partial charge < -0.3 is 10.7 Å². The van der Waals surface area contributed by atoms with Crippen molar-refractivity contribution in [1.82, 2.24) is 9.97 Å². The molecule has 0 radical (unpaired) electrons. The molecule has 0 amide bonds. The molecule has 2 aromatic rings. The number of aromatic nitrogens is 2. The van der Waals surface area contributed by atoms with Crippen molar-refractivity contribution in [3.63, 3.8) is 0 Å². The number of hydrogen-bond acceptors (Lipinski definition) is 5. The van der Waals surface area contributed by atoms with Crippen LogP contribution in [-0.2, 0) is 0 Å². The van der Waals surface area contributed by atoms with Gasteiger partial charge in [-0.15, -0.1) is 0 Å². The Morgan fingerprint density at radius 3 is 2.72 bits per heavy atom. The first-order valence-corrected chi connectivity index (χ1v) is 5.92. The molecular weight excluding hydrogens is 301 g/mol. The summed E-state index contributed by atoms with van der Waals surface area (Å²) in [4.78, 5) is 8.00. The number of hydrazine groups is 1. The summed E-state index contributed by atoms with van der Waals surface area (Å²) in [7, 11) is 0. The molecule has 2 rings (SSSR count). The predicted molar refractivity (Wildman–Crippen MR) is 72.0 cm³/mol. The van der Waals surface area contributed by atoms with Gasteiger partial charge in [0.05, 0.1) is 0 Å². The zero-order valence-electron chi connectivity index (χ0n) is 9.54. The summed E-state index contributed by atoms with van der Waals surface area (Å²) in [5.74, 6) is 5.99. The molecule has 5 nitrogen and oxygen atoms in total. The Bertz CT molecular complexity index is 575. The van der Waals surface area contributed by atoms with Crippen LogP contribution >= 0.6 is 15.9 Å². The lowest BCUT2D eigenvalue weighted by molar-refractivity contribution is 0.619. The molecule has 0 saturated heterocycles. The van der Waals surface area contributed by atoms with Crippen LogP contribution in [0.2, 0.25) is 0 Å². The van der Waals surface area contributed by atoms with Crippen LogP contribution in [0.3, 0.4) is 0 Å². The molecule has 18 heavy (non-hydrogen) atoms. The molecule has 1 aromatic carbocycles. The molecule has 94 valence electrons. The third kappa shape index (κ3) is 2.41. The monoisotopic (exact) mass is 311 g/mol. The number of anilines is 3. The number of halogens is 2. The van der Waals surface area contributed by atoms with E-state index in [4.69, 9.17) is 5.84 Å². The number of nitrogens with zero attached hydrogens (tertiary/aromatic N) is 2. The number of nitrogens with one attached hydrogen (secondary N) is 2. The molecule has 1 aromatic heterocycles. The summed E-state index contributed by atoms with van der Waals surface area (Å²) < 4.78 is 14.0. The van der Waals surface area contributed by atoms with Gasteiger partial charge in [0.2, 0.25) is 0 Å². The lowest BCUT2D eigenvalue weighted by Crippen LogP contribution is -2.10. The second-order valence-corrected chi connectivity index (χ2v) is 4.36. The van der Waals surface area contributed by atoms with Crippen LogP contribution < -0.4 is 16.6 Å². The fourth-order valence-corrected chi connectivity index (χ4v) is 1.85. The smallest absolute Gasteiger partial charge is 0.159 e. The Balaban J connectivity index is 2.37. The van der Waals surface area contributed by atoms with Crippen LogP contribution in [-0.4, -0.2) is 9.97 Å². The first kappa shape index (κ1) is 12.7. The lowest BCUT2D eigenvalue weighted by atomic mass is 10.2. The van der Waals surface area contributed by atoms with Gasteiger partial charge in [0.15, 0.2) is 5.82 Å². The van der Waals surface area contributed by atoms with E-state index in [1.807, 2.05) is 0 Å². The maximum absolute atomic E-state index is 13.4. The van der Waals surface area contributed by atoms with E-state index in [9.17, 15) is 4.39 Å². The summed E-state index contributed by atoms with van der Waals surface area (Å²) in [6, 6.07) is 4.80.